The molecule has 1 aromatic rings. The predicted octanol–water partition coefficient (Wildman–Crippen LogP) is 3.58. The van der Waals surface area contributed by atoms with E-state index in [1.165, 1.54) is 7.11 Å². The van der Waals surface area contributed by atoms with E-state index >= 15 is 0 Å². The molecule has 2 rings (SSSR count). The zero-order valence-corrected chi connectivity index (χ0v) is 12.4. The highest BCUT2D eigenvalue weighted by Gasteiger charge is 2.46. The van der Waals surface area contributed by atoms with Crippen LogP contribution in [0.2, 0.25) is 5.02 Å². The molecule has 1 aliphatic rings. The van der Waals surface area contributed by atoms with Crippen molar-refractivity contribution >= 4 is 23.4 Å². The number of ether oxygens (including phenoxy) is 1. The van der Waals surface area contributed by atoms with E-state index in [9.17, 15) is 9.59 Å². The van der Waals surface area contributed by atoms with Crippen LogP contribution in [0, 0.1) is 5.41 Å². The van der Waals surface area contributed by atoms with Crippen molar-refractivity contribution in [2.24, 2.45) is 5.41 Å². The van der Waals surface area contributed by atoms with Crippen molar-refractivity contribution in [1.29, 1.82) is 0 Å². The van der Waals surface area contributed by atoms with E-state index in [0.717, 1.165) is 24.8 Å². The molecule has 1 aliphatic carbocycles. The molecule has 1 saturated carbocycles. The summed E-state index contributed by atoms with van der Waals surface area (Å²) in [5.74, 6) is -0.392. The van der Waals surface area contributed by atoms with Gasteiger partial charge in [0.15, 0.2) is 5.78 Å². The summed E-state index contributed by atoms with van der Waals surface area (Å²) >= 11 is 5.88. The maximum Gasteiger partial charge on any atom is 0.319 e. The van der Waals surface area contributed by atoms with Gasteiger partial charge in [-0.15, -0.1) is 0 Å². The fraction of sp³-hybridized carbons (Fsp3) is 0.500. The monoisotopic (exact) mass is 294 g/mol. The lowest BCUT2D eigenvalue weighted by atomic mass is 9.74. The largest absolute Gasteiger partial charge is 0.468 e. The van der Waals surface area contributed by atoms with Crippen LogP contribution in [0.3, 0.4) is 0 Å². The Hall–Kier alpha value is -1.35. The number of carbonyl (C=O) groups excluding carboxylic acids is 2. The lowest BCUT2D eigenvalue weighted by molar-refractivity contribution is -0.158. The summed E-state index contributed by atoms with van der Waals surface area (Å²) in [6.07, 6.45) is 4.16. The quantitative estimate of drug-likeness (QED) is 0.486. The van der Waals surface area contributed by atoms with Gasteiger partial charge in [0, 0.05) is 11.4 Å². The molecule has 0 bridgehead atoms. The molecular weight excluding hydrogens is 276 g/mol. The molecular formula is C16H19ClO3. The van der Waals surface area contributed by atoms with Gasteiger partial charge in [0.1, 0.15) is 5.41 Å². The summed E-state index contributed by atoms with van der Waals surface area (Å²) < 4.78 is 4.93. The first-order chi connectivity index (χ1) is 9.58. The van der Waals surface area contributed by atoms with E-state index in [4.69, 9.17) is 16.3 Å². The van der Waals surface area contributed by atoms with Gasteiger partial charge >= 0.3 is 5.97 Å². The minimum absolute atomic E-state index is 0.0109. The van der Waals surface area contributed by atoms with Crippen LogP contribution >= 0.6 is 11.6 Å². The number of Topliss-reactive ketones (excluding diaryl/α,β-unsaturated/α-hetero) is 1. The summed E-state index contributed by atoms with van der Waals surface area (Å²) in [5.41, 5.74) is -0.0749. The van der Waals surface area contributed by atoms with Gasteiger partial charge in [-0.1, -0.05) is 36.6 Å². The van der Waals surface area contributed by atoms with Gasteiger partial charge in [0.2, 0.25) is 0 Å². The number of ketones is 1. The Kier molecular flexibility index (Phi) is 4.81. The lowest BCUT2D eigenvalue weighted by Gasteiger charge is -2.28. The molecule has 108 valence electrons. The molecule has 3 nitrogen and oxygen atoms in total. The number of hydrogen-bond donors (Lipinski definition) is 0. The zero-order chi connectivity index (χ0) is 14.6. The third-order valence-electron chi connectivity index (χ3n) is 4.04. The second-order valence-corrected chi connectivity index (χ2v) is 5.80. The van der Waals surface area contributed by atoms with Crippen LogP contribution in [0.5, 0.6) is 0 Å². The highest BCUT2D eigenvalue weighted by Crippen LogP contribution is 2.37. The van der Waals surface area contributed by atoms with Crippen molar-refractivity contribution in [3.63, 3.8) is 0 Å². The van der Waals surface area contributed by atoms with Gasteiger partial charge in [0.25, 0.3) is 0 Å². The first-order valence-corrected chi connectivity index (χ1v) is 7.32. The second-order valence-electron chi connectivity index (χ2n) is 5.36. The van der Waals surface area contributed by atoms with E-state index in [0.29, 0.717) is 24.3 Å². The van der Waals surface area contributed by atoms with Gasteiger partial charge in [-0.2, -0.15) is 0 Å². The first-order valence-electron chi connectivity index (χ1n) is 6.95. The Bertz CT molecular complexity index is 495. The van der Waals surface area contributed by atoms with Crippen LogP contribution in [-0.2, 0) is 20.7 Å². The summed E-state index contributed by atoms with van der Waals surface area (Å²) in [6.45, 7) is 0. The average molecular weight is 295 g/mol. The van der Waals surface area contributed by atoms with Crippen LogP contribution in [0.15, 0.2) is 24.3 Å². The smallest absolute Gasteiger partial charge is 0.319 e. The van der Waals surface area contributed by atoms with Crippen LogP contribution in [-0.4, -0.2) is 18.9 Å². The topological polar surface area (TPSA) is 43.4 Å². The van der Waals surface area contributed by atoms with E-state index < -0.39 is 11.4 Å². The molecule has 1 atom stereocenters. The van der Waals surface area contributed by atoms with Gasteiger partial charge in [-0.3, -0.25) is 9.59 Å². The van der Waals surface area contributed by atoms with E-state index in [-0.39, 0.29) is 5.78 Å². The molecule has 1 unspecified atom stereocenters. The summed E-state index contributed by atoms with van der Waals surface area (Å²) in [6, 6.07) is 7.29. The Balaban J connectivity index is 2.33. The number of rotatable bonds is 3. The number of benzene rings is 1. The normalized spacial score (nSPS) is 23.2. The molecule has 0 saturated heterocycles. The SMILES string of the molecule is COC(=O)C1(Cc2ccc(Cl)cc2)CCCCCC1=O. The minimum Gasteiger partial charge on any atom is -0.468 e. The number of carbonyl (C=O) groups is 2. The standard InChI is InChI=1S/C16H19ClO3/c1-20-15(19)16(10-4-2-3-5-14(16)18)11-12-6-8-13(17)9-7-12/h6-9H,2-5,10-11H2,1H3. The van der Waals surface area contributed by atoms with Crippen LogP contribution < -0.4 is 0 Å². The van der Waals surface area contributed by atoms with Crippen LogP contribution in [0.1, 0.15) is 37.7 Å². The predicted molar refractivity (Wildman–Crippen MR) is 77.7 cm³/mol. The minimum atomic E-state index is -1.01. The van der Waals surface area contributed by atoms with Crippen molar-refractivity contribution in [2.45, 2.75) is 38.5 Å². The Morgan fingerprint density at radius 2 is 1.95 bits per heavy atom. The Morgan fingerprint density at radius 1 is 1.25 bits per heavy atom. The zero-order valence-electron chi connectivity index (χ0n) is 11.7. The number of methoxy groups -OCH3 is 1. The molecule has 0 aromatic heterocycles. The van der Waals surface area contributed by atoms with Crippen LogP contribution in [0.4, 0.5) is 0 Å². The third kappa shape index (κ3) is 3.04. The maximum absolute atomic E-state index is 12.5. The molecule has 0 aliphatic heterocycles. The molecule has 4 heteroatoms. The fourth-order valence-electron chi connectivity index (χ4n) is 2.89. The number of halogens is 1. The fourth-order valence-corrected chi connectivity index (χ4v) is 3.01. The van der Waals surface area contributed by atoms with Crippen molar-refractivity contribution in [2.75, 3.05) is 7.11 Å². The van der Waals surface area contributed by atoms with Gasteiger partial charge in [0.05, 0.1) is 7.11 Å². The summed E-state index contributed by atoms with van der Waals surface area (Å²) in [7, 11) is 1.35. The maximum atomic E-state index is 12.5. The molecule has 0 amide bonds. The van der Waals surface area contributed by atoms with Gasteiger partial charge in [-0.25, -0.2) is 0 Å². The Morgan fingerprint density at radius 3 is 2.60 bits per heavy atom. The molecule has 0 N–H and O–H groups in total. The van der Waals surface area contributed by atoms with E-state index in [1.54, 1.807) is 12.1 Å². The third-order valence-corrected chi connectivity index (χ3v) is 4.29. The van der Waals surface area contributed by atoms with Gasteiger partial charge < -0.3 is 4.74 Å². The highest BCUT2D eigenvalue weighted by molar-refractivity contribution is 6.30. The Labute approximate surface area is 124 Å². The lowest BCUT2D eigenvalue weighted by Crippen LogP contribution is -2.41. The highest BCUT2D eigenvalue weighted by atomic mass is 35.5. The summed E-state index contributed by atoms with van der Waals surface area (Å²) in [4.78, 5) is 24.7. The molecule has 0 radical (unpaired) electrons. The number of esters is 1. The average Bonchev–Trinajstić information content (AvgIpc) is 2.64. The van der Waals surface area contributed by atoms with Crippen molar-refractivity contribution in [3.05, 3.63) is 34.9 Å². The van der Waals surface area contributed by atoms with E-state index in [1.807, 2.05) is 12.1 Å². The molecule has 1 fully saturated rings. The molecule has 0 heterocycles. The molecule has 1 aromatic carbocycles. The van der Waals surface area contributed by atoms with Crippen molar-refractivity contribution in [1.82, 2.24) is 0 Å². The van der Waals surface area contributed by atoms with Crippen LogP contribution in [0.25, 0.3) is 0 Å². The van der Waals surface area contributed by atoms with Gasteiger partial charge in [-0.05, 0) is 37.0 Å². The van der Waals surface area contributed by atoms with Crippen molar-refractivity contribution in [3.8, 4) is 0 Å². The molecule has 0 spiro atoms. The number of hydrogen-bond acceptors (Lipinski definition) is 3. The molecule has 20 heavy (non-hydrogen) atoms. The van der Waals surface area contributed by atoms with E-state index in [2.05, 4.69) is 0 Å². The first kappa shape index (κ1) is 15.0. The summed E-state index contributed by atoms with van der Waals surface area (Å²) in [5, 5.41) is 0.646. The van der Waals surface area contributed by atoms with Crippen molar-refractivity contribution < 1.29 is 14.3 Å². The second kappa shape index (κ2) is 6.40.